The number of hydrogen-bond acceptors (Lipinski definition) is 4. The fourth-order valence-corrected chi connectivity index (χ4v) is 3.21. The van der Waals surface area contributed by atoms with Crippen LogP contribution in [0.1, 0.15) is 47.8 Å². The van der Waals surface area contributed by atoms with E-state index in [4.69, 9.17) is 9.15 Å². The third kappa shape index (κ3) is 2.27. The van der Waals surface area contributed by atoms with Gasteiger partial charge in [-0.15, -0.1) is 0 Å². The van der Waals surface area contributed by atoms with Crippen molar-refractivity contribution in [2.45, 2.75) is 45.1 Å². The van der Waals surface area contributed by atoms with Crippen molar-refractivity contribution in [3.8, 4) is 0 Å². The number of amides is 1. The molecule has 3 rings (SSSR count). The van der Waals surface area contributed by atoms with Gasteiger partial charge in [0.05, 0.1) is 24.4 Å². The number of nitrogens with zero attached hydrogens (tertiary/aromatic N) is 2. The first-order valence-electron chi connectivity index (χ1n) is 6.97. The smallest absolute Gasteiger partial charge is 0.291 e. The Labute approximate surface area is 112 Å². The van der Waals surface area contributed by atoms with E-state index in [1.54, 1.807) is 6.92 Å². The lowest BCUT2D eigenvalue weighted by Gasteiger charge is -2.40. The van der Waals surface area contributed by atoms with Crippen LogP contribution in [-0.4, -0.2) is 41.1 Å². The fourth-order valence-electron chi connectivity index (χ4n) is 3.21. The van der Waals surface area contributed by atoms with Crippen molar-refractivity contribution in [3.05, 3.63) is 17.3 Å². The molecule has 2 aliphatic rings. The number of aromatic nitrogens is 1. The Morgan fingerprint density at radius 1 is 1.32 bits per heavy atom. The molecule has 0 aromatic carbocycles. The van der Waals surface area contributed by atoms with Gasteiger partial charge in [-0.2, -0.15) is 0 Å². The van der Waals surface area contributed by atoms with E-state index in [0.29, 0.717) is 37.0 Å². The SMILES string of the molecule is Cc1nc(C)c(C(=O)N2CCOC3(CCCC3)C2)o1. The summed E-state index contributed by atoms with van der Waals surface area (Å²) in [5.74, 6) is 0.880. The number of morpholine rings is 1. The lowest BCUT2D eigenvalue weighted by Crippen LogP contribution is -2.52. The Morgan fingerprint density at radius 2 is 2.05 bits per heavy atom. The molecule has 1 amide bonds. The number of aryl methyl sites for hydroxylation is 2. The molecule has 0 unspecified atom stereocenters. The van der Waals surface area contributed by atoms with E-state index in [1.165, 1.54) is 12.8 Å². The maximum absolute atomic E-state index is 12.5. The molecule has 2 fully saturated rings. The minimum absolute atomic E-state index is 0.0484. The van der Waals surface area contributed by atoms with Gasteiger partial charge in [-0.1, -0.05) is 12.8 Å². The van der Waals surface area contributed by atoms with Crippen LogP contribution in [0.15, 0.2) is 4.42 Å². The Morgan fingerprint density at radius 3 is 2.68 bits per heavy atom. The Bertz CT molecular complexity index is 489. The molecule has 5 heteroatoms. The van der Waals surface area contributed by atoms with Gasteiger partial charge in [-0.3, -0.25) is 4.79 Å². The van der Waals surface area contributed by atoms with Crippen molar-refractivity contribution in [1.82, 2.24) is 9.88 Å². The number of hydrogen-bond donors (Lipinski definition) is 0. The van der Waals surface area contributed by atoms with Crippen molar-refractivity contribution in [2.24, 2.45) is 0 Å². The van der Waals surface area contributed by atoms with E-state index >= 15 is 0 Å². The Hall–Kier alpha value is -1.36. The summed E-state index contributed by atoms with van der Waals surface area (Å²) < 4.78 is 11.4. The fraction of sp³-hybridized carbons (Fsp3) is 0.714. The zero-order valence-corrected chi connectivity index (χ0v) is 11.6. The molecule has 1 aromatic rings. The average molecular weight is 264 g/mol. The second kappa shape index (κ2) is 4.63. The van der Waals surface area contributed by atoms with Crippen molar-refractivity contribution < 1.29 is 13.9 Å². The lowest BCUT2D eigenvalue weighted by molar-refractivity contribution is -0.0952. The first-order valence-corrected chi connectivity index (χ1v) is 6.97. The number of oxazole rings is 1. The summed E-state index contributed by atoms with van der Waals surface area (Å²) in [6, 6.07) is 0. The van der Waals surface area contributed by atoms with Crippen LogP contribution in [0.4, 0.5) is 0 Å². The number of rotatable bonds is 1. The predicted octanol–water partition coefficient (Wildman–Crippen LogP) is 2.08. The molecule has 0 radical (unpaired) electrons. The lowest BCUT2D eigenvalue weighted by atomic mass is 9.99. The monoisotopic (exact) mass is 264 g/mol. The molecular weight excluding hydrogens is 244 g/mol. The van der Waals surface area contributed by atoms with E-state index < -0.39 is 0 Å². The first-order chi connectivity index (χ1) is 9.10. The Balaban J connectivity index is 1.78. The quantitative estimate of drug-likeness (QED) is 0.779. The summed E-state index contributed by atoms with van der Waals surface area (Å²) in [6.45, 7) is 5.53. The van der Waals surface area contributed by atoms with Crippen LogP contribution in [-0.2, 0) is 4.74 Å². The van der Waals surface area contributed by atoms with Crippen molar-refractivity contribution in [2.75, 3.05) is 19.7 Å². The molecule has 19 heavy (non-hydrogen) atoms. The molecule has 1 spiro atoms. The molecule has 1 saturated heterocycles. The van der Waals surface area contributed by atoms with Crippen LogP contribution in [0.25, 0.3) is 0 Å². The highest BCUT2D eigenvalue weighted by Gasteiger charge is 2.41. The predicted molar refractivity (Wildman–Crippen MR) is 69.0 cm³/mol. The van der Waals surface area contributed by atoms with Crippen molar-refractivity contribution in [1.29, 1.82) is 0 Å². The zero-order valence-electron chi connectivity index (χ0n) is 11.6. The van der Waals surface area contributed by atoms with Crippen LogP contribution in [0.5, 0.6) is 0 Å². The summed E-state index contributed by atoms with van der Waals surface area (Å²) in [4.78, 5) is 18.5. The minimum atomic E-state index is -0.100. The van der Waals surface area contributed by atoms with Crippen LogP contribution in [0, 0.1) is 13.8 Å². The molecule has 1 aliphatic heterocycles. The van der Waals surface area contributed by atoms with E-state index in [-0.39, 0.29) is 11.5 Å². The molecule has 0 N–H and O–H groups in total. The van der Waals surface area contributed by atoms with Gasteiger partial charge in [0, 0.05) is 13.5 Å². The molecule has 1 aliphatic carbocycles. The topological polar surface area (TPSA) is 55.6 Å². The number of ether oxygens (including phenoxy) is 1. The summed E-state index contributed by atoms with van der Waals surface area (Å²) in [5, 5.41) is 0. The molecular formula is C14H20N2O3. The number of carbonyl (C=O) groups excluding carboxylic acids is 1. The molecule has 0 atom stereocenters. The summed E-state index contributed by atoms with van der Waals surface area (Å²) in [7, 11) is 0. The second-order valence-electron chi connectivity index (χ2n) is 5.61. The highest BCUT2D eigenvalue weighted by Crippen LogP contribution is 2.36. The minimum Gasteiger partial charge on any atom is -0.436 e. The highest BCUT2D eigenvalue weighted by atomic mass is 16.5. The average Bonchev–Trinajstić information content (AvgIpc) is 2.96. The van der Waals surface area contributed by atoms with Gasteiger partial charge < -0.3 is 14.1 Å². The first kappa shape index (κ1) is 12.7. The highest BCUT2D eigenvalue weighted by molar-refractivity contribution is 5.92. The molecule has 104 valence electrons. The van der Waals surface area contributed by atoms with Gasteiger partial charge in [0.25, 0.3) is 5.91 Å². The normalized spacial score (nSPS) is 22.1. The summed E-state index contributed by atoms with van der Waals surface area (Å²) in [6.07, 6.45) is 4.52. The maximum Gasteiger partial charge on any atom is 0.291 e. The molecule has 5 nitrogen and oxygen atoms in total. The molecule has 0 bridgehead atoms. The van der Waals surface area contributed by atoms with Gasteiger partial charge in [0.15, 0.2) is 5.89 Å². The van der Waals surface area contributed by atoms with E-state index in [9.17, 15) is 4.79 Å². The largest absolute Gasteiger partial charge is 0.436 e. The molecule has 1 aromatic heterocycles. The van der Waals surface area contributed by atoms with E-state index in [2.05, 4.69) is 4.98 Å². The van der Waals surface area contributed by atoms with Crippen molar-refractivity contribution >= 4 is 5.91 Å². The van der Waals surface area contributed by atoms with Crippen LogP contribution in [0.2, 0.25) is 0 Å². The van der Waals surface area contributed by atoms with Gasteiger partial charge in [0.1, 0.15) is 0 Å². The zero-order chi connectivity index (χ0) is 13.5. The Kier molecular flexibility index (Phi) is 3.09. The van der Waals surface area contributed by atoms with E-state index in [0.717, 1.165) is 12.8 Å². The third-order valence-corrected chi connectivity index (χ3v) is 4.15. The van der Waals surface area contributed by atoms with Crippen LogP contribution >= 0.6 is 0 Å². The van der Waals surface area contributed by atoms with Crippen LogP contribution in [0.3, 0.4) is 0 Å². The van der Waals surface area contributed by atoms with Crippen LogP contribution < -0.4 is 0 Å². The van der Waals surface area contributed by atoms with Crippen molar-refractivity contribution in [3.63, 3.8) is 0 Å². The second-order valence-corrected chi connectivity index (χ2v) is 5.61. The van der Waals surface area contributed by atoms with Gasteiger partial charge in [-0.05, 0) is 19.8 Å². The standard InChI is InChI=1S/C14H20N2O3/c1-10-12(19-11(2)15-10)13(17)16-7-8-18-14(9-16)5-3-4-6-14/h3-9H2,1-2H3. The molecule has 2 heterocycles. The van der Waals surface area contributed by atoms with Gasteiger partial charge >= 0.3 is 0 Å². The third-order valence-electron chi connectivity index (χ3n) is 4.15. The summed E-state index contributed by atoms with van der Waals surface area (Å²) in [5.41, 5.74) is 0.575. The van der Waals surface area contributed by atoms with Gasteiger partial charge in [0.2, 0.25) is 5.76 Å². The van der Waals surface area contributed by atoms with Gasteiger partial charge in [-0.25, -0.2) is 4.98 Å². The maximum atomic E-state index is 12.5. The molecule has 1 saturated carbocycles. The summed E-state index contributed by atoms with van der Waals surface area (Å²) >= 11 is 0. The number of carbonyl (C=O) groups is 1. The van der Waals surface area contributed by atoms with E-state index in [1.807, 2.05) is 11.8 Å².